The van der Waals surface area contributed by atoms with Gasteiger partial charge in [0.15, 0.2) is 5.13 Å². The highest BCUT2D eigenvalue weighted by atomic mass is 32.1. The molecule has 0 aromatic carbocycles. The summed E-state index contributed by atoms with van der Waals surface area (Å²) >= 11 is 1.44. The molecular weight excluding hydrogens is 260 g/mol. The van der Waals surface area contributed by atoms with Gasteiger partial charge in [-0.2, -0.15) is 0 Å². The van der Waals surface area contributed by atoms with Crippen LogP contribution in [0.5, 0.6) is 0 Å². The summed E-state index contributed by atoms with van der Waals surface area (Å²) in [5.41, 5.74) is 6.52. The first-order valence-corrected chi connectivity index (χ1v) is 7.81. The average molecular weight is 282 g/mol. The second kappa shape index (κ2) is 7.45. The third kappa shape index (κ3) is 5.16. The number of carbonyl (C=O) groups is 1. The molecule has 0 atom stereocenters. The summed E-state index contributed by atoms with van der Waals surface area (Å²) in [6.45, 7) is 3.27. The normalized spacial score (nSPS) is 17.1. The van der Waals surface area contributed by atoms with Crippen LogP contribution in [-0.2, 0) is 11.2 Å². The fourth-order valence-electron chi connectivity index (χ4n) is 2.32. The second-order valence-electron chi connectivity index (χ2n) is 4.97. The first kappa shape index (κ1) is 14.3. The van der Waals surface area contributed by atoms with Crippen LogP contribution in [-0.4, -0.2) is 42.0 Å². The van der Waals surface area contributed by atoms with Gasteiger partial charge in [0.1, 0.15) is 0 Å². The lowest BCUT2D eigenvalue weighted by Crippen LogP contribution is -2.38. The number of rotatable bonds is 5. The molecule has 1 aliphatic rings. The van der Waals surface area contributed by atoms with Gasteiger partial charge in [0.05, 0.1) is 12.2 Å². The Hall–Kier alpha value is -1.14. The van der Waals surface area contributed by atoms with E-state index >= 15 is 0 Å². The van der Waals surface area contributed by atoms with Gasteiger partial charge in [0.25, 0.3) is 0 Å². The lowest BCUT2D eigenvalue weighted by molar-refractivity contribution is -0.122. The van der Waals surface area contributed by atoms with Crippen LogP contribution >= 0.6 is 11.3 Å². The Morgan fingerprint density at radius 1 is 1.37 bits per heavy atom. The summed E-state index contributed by atoms with van der Waals surface area (Å²) < 4.78 is 0. The van der Waals surface area contributed by atoms with E-state index in [1.54, 1.807) is 0 Å². The van der Waals surface area contributed by atoms with E-state index in [9.17, 15) is 4.79 Å². The molecule has 1 aromatic rings. The van der Waals surface area contributed by atoms with Crippen molar-refractivity contribution in [2.45, 2.75) is 32.1 Å². The molecule has 5 nitrogen and oxygen atoms in total. The van der Waals surface area contributed by atoms with E-state index in [0.717, 1.165) is 25.2 Å². The number of carbonyl (C=O) groups excluding carboxylic acids is 1. The number of nitrogen functional groups attached to an aromatic ring is 1. The zero-order chi connectivity index (χ0) is 13.5. The summed E-state index contributed by atoms with van der Waals surface area (Å²) in [7, 11) is 0. The van der Waals surface area contributed by atoms with Crippen molar-refractivity contribution in [2.75, 3.05) is 31.9 Å². The van der Waals surface area contributed by atoms with Gasteiger partial charge in [-0.15, -0.1) is 11.3 Å². The maximum absolute atomic E-state index is 11.8. The van der Waals surface area contributed by atoms with Crippen molar-refractivity contribution in [3.8, 4) is 0 Å². The number of hydrogen-bond donors (Lipinski definition) is 2. The largest absolute Gasteiger partial charge is 0.375 e. The molecule has 1 aromatic heterocycles. The number of thiazole rings is 1. The van der Waals surface area contributed by atoms with Crippen LogP contribution in [0.4, 0.5) is 5.13 Å². The van der Waals surface area contributed by atoms with E-state index in [4.69, 9.17) is 5.73 Å². The Balaban J connectivity index is 1.63. The Labute approximate surface area is 118 Å². The Bertz CT molecular complexity index is 399. The molecule has 2 rings (SSSR count). The highest BCUT2D eigenvalue weighted by molar-refractivity contribution is 7.13. The zero-order valence-electron chi connectivity index (χ0n) is 11.2. The van der Waals surface area contributed by atoms with Crippen LogP contribution in [0, 0.1) is 0 Å². The summed E-state index contributed by atoms with van der Waals surface area (Å²) in [4.78, 5) is 18.2. The van der Waals surface area contributed by atoms with E-state index in [-0.39, 0.29) is 5.91 Å². The van der Waals surface area contributed by atoms with Crippen LogP contribution in [0.2, 0.25) is 0 Å². The lowest BCUT2D eigenvalue weighted by Gasteiger charge is -2.18. The van der Waals surface area contributed by atoms with Crippen molar-refractivity contribution < 1.29 is 4.79 Å². The molecule has 0 radical (unpaired) electrons. The van der Waals surface area contributed by atoms with Crippen molar-refractivity contribution in [1.29, 1.82) is 0 Å². The first-order chi connectivity index (χ1) is 9.24. The van der Waals surface area contributed by atoms with Gasteiger partial charge in [-0.3, -0.25) is 9.69 Å². The monoisotopic (exact) mass is 282 g/mol. The third-order valence-corrected chi connectivity index (χ3v) is 4.06. The van der Waals surface area contributed by atoms with Gasteiger partial charge in [-0.25, -0.2) is 4.98 Å². The molecule has 0 bridgehead atoms. The molecule has 1 aliphatic heterocycles. The topological polar surface area (TPSA) is 71.2 Å². The quantitative estimate of drug-likeness (QED) is 0.853. The van der Waals surface area contributed by atoms with E-state index in [2.05, 4.69) is 15.2 Å². The summed E-state index contributed by atoms with van der Waals surface area (Å²) in [6, 6.07) is 0. The van der Waals surface area contributed by atoms with Crippen molar-refractivity contribution in [3.63, 3.8) is 0 Å². The van der Waals surface area contributed by atoms with E-state index < -0.39 is 0 Å². The third-order valence-electron chi connectivity index (χ3n) is 3.34. The van der Waals surface area contributed by atoms with Crippen LogP contribution in [0.3, 0.4) is 0 Å². The van der Waals surface area contributed by atoms with Crippen molar-refractivity contribution in [2.24, 2.45) is 0 Å². The summed E-state index contributed by atoms with van der Waals surface area (Å²) in [5.74, 6) is 0.116. The maximum atomic E-state index is 11.8. The molecular formula is C13H22N4OS. The second-order valence-corrected chi connectivity index (χ2v) is 5.86. The van der Waals surface area contributed by atoms with Gasteiger partial charge in [0, 0.05) is 18.3 Å². The van der Waals surface area contributed by atoms with E-state index in [0.29, 0.717) is 18.2 Å². The number of likely N-dealkylation sites (tertiary alicyclic amines) is 1. The Kier molecular flexibility index (Phi) is 5.60. The highest BCUT2D eigenvalue weighted by Gasteiger charge is 2.12. The standard InChI is InChI=1S/C13H22N4OS/c14-13-16-11(10-19-13)5-6-15-12(18)9-17-7-3-1-2-4-8-17/h10H,1-9H2,(H2,14,16)(H,15,18). The molecule has 2 heterocycles. The number of hydrogen-bond acceptors (Lipinski definition) is 5. The van der Waals surface area contributed by atoms with E-state index in [1.807, 2.05) is 5.38 Å². The maximum Gasteiger partial charge on any atom is 0.234 e. The van der Waals surface area contributed by atoms with Crippen LogP contribution < -0.4 is 11.1 Å². The summed E-state index contributed by atoms with van der Waals surface area (Å²) in [5, 5.41) is 5.48. The fourth-order valence-corrected chi connectivity index (χ4v) is 2.92. The highest BCUT2D eigenvalue weighted by Crippen LogP contribution is 2.11. The molecule has 6 heteroatoms. The molecule has 1 amide bonds. The predicted molar refractivity (Wildman–Crippen MR) is 78.1 cm³/mol. The van der Waals surface area contributed by atoms with Crippen molar-refractivity contribution >= 4 is 22.4 Å². The molecule has 19 heavy (non-hydrogen) atoms. The van der Waals surface area contributed by atoms with Crippen molar-refractivity contribution in [3.05, 3.63) is 11.1 Å². The number of aromatic nitrogens is 1. The average Bonchev–Trinajstić information content (AvgIpc) is 2.63. The van der Waals surface area contributed by atoms with Gasteiger partial charge in [0.2, 0.25) is 5.91 Å². The lowest BCUT2D eigenvalue weighted by atomic mass is 10.2. The molecule has 1 fully saturated rings. The van der Waals surface area contributed by atoms with Gasteiger partial charge in [-0.1, -0.05) is 12.8 Å². The minimum Gasteiger partial charge on any atom is -0.375 e. The zero-order valence-corrected chi connectivity index (χ0v) is 12.0. The van der Waals surface area contributed by atoms with Crippen LogP contribution in [0.25, 0.3) is 0 Å². The predicted octanol–water partition coefficient (Wildman–Crippen LogP) is 1.26. The van der Waals surface area contributed by atoms with E-state index in [1.165, 1.54) is 37.0 Å². The first-order valence-electron chi connectivity index (χ1n) is 6.93. The number of nitrogens with one attached hydrogen (secondary N) is 1. The molecule has 3 N–H and O–H groups in total. The Morgan fingerprint density at radius 2 is 2.11 bits per heavy atom. The SMILES string of the molecule is Nc1nc(CCNC(=O)CN2CCCCCC2)cs1. The molecule has 1 saturated heterocycles. The van der Waals surface area contributed by atoms with Crippen LogP contribution in [0.1, 0.15) is 31.4 Å². The number of anilines is 1. The minimum atomic E-state index is 0.116. The number of amides is 1. The van der Waals surface area contributed by atoms with Gasteiger partial charge >= 0.3 is 0 Å². The minimum absolute atomic E-state index is 0.116. The summed E-state index contributed by atoms with van der Waals surface area (Å²) in [6.07, 6.45) is 5.77. The smallest absolute Gasteiger partial charge is 0.234 e. The number of nitrogens with two attached hydrogens (primary N) is 1. The van der Waals surface area contributed by atoms with Gasteiger partial charge < -0.3 is 11.1 Å². The van der Waals surface area contributed by atoms with Gasteiger partial charge in [-0.05, 0) is 25.9 Å². The molecule has 0 aliphatic carbocycles. The number of nitrogens with zero attached hydrogens (tertiary/aromatic N) is 2. The molecule has 106 valence electrons. The Morgan fingerprint density at radius 3 is 2.74 bits per heavy atom. The van der Waals surface area contributed by atoms with Crippen LogP contribution in [0.15, 0.2) is 5.38 Å². The fraction of sp³-hybridized carbons (Fsp3) is 0.692. The van der Waals surface area contributed by atoms with Crippen molar-refractivity contribution in [1.82, 2.24) is 15.2 Å². The molecule has 0 unspecified atom stereocenters. The molecule has 0 saturated carbocycles. The molecule has 0 spiro atoms.